The average molecular weight is 344 g/mol. The van der Waals surface area contributed by atoms with Gasteiger partial charge in [-0.1, -0.05) is 11.6 Å². The summed E-state index contributed by atoms with van der Waals surface area (Å²) in [5.74, 6) is -0.247. The molecule has 5 nitrogen and oxygen atoms in total. The van der Waals surface area contributed by atoms with Gasteiger partial charge in [0.2, 0.25) is 5.78 Å². The number of carbonyl (C=O) groups is 1. The van der Waals surface area contributed by atoms with Gasteiger partial charge in [-0.2, -0.15) is 10.2 Å². The number of aryl methyl sites for hydroxylation is 2. The molecule has 2 aromatic heterocycles. The fraction of sp³-hybridized carbons (Fsp3) is 0.250. The minimum Gasteiger partial charge on any atom is -0.287 e. The van der Waals surface area contributed by atoms with Crippen LogP contribution in [0.1, 0.15) is 23.1 Å². The van der Waals surface area contributed by atoms with E-state index in [1.807, 2.05) is 13.1 Å². The maximum atomic E-state index is 11.9. The zero-order chi connectivity index (χ0) is 14.0. The molecule has 100 valence electrons. The average Bonchev–Trinajstić information content (AvgIpc) is 2.89. The van der Waals surface area contributed by atoms with Crippen molar-refractivity contribution in [3.8, 4) is 0 Å². The highest BCUT2D eigenvalue weighted by atomic mass is 79.9. The van der Waals surface area contributed by atoms with Gasteiger partial charge in [-0.25, -0.2) is 0 Å². The molecule has 0 unspecified atom stereocenters. The van der Waals surface area contributed by atoms with E-state index >= 15 is 0 Å². The van der Waals surface area contributed by atoms with Gasteiger partial charge < -0.3 is 0 Å². The fourth-order valence-electron chi connectivity index (χ4n) is 1.55. The Morgan fingerprint density at radius 2 is 2.21 bits per heavy atom. The molecule has 0 N–H and O–H groups in total. The van der Waals surface area contributed by atoms with E-state index in [9.17, 15) is 4.79 Å². The number of carbonyl (C=O) groups excluding carboxylic acids is 1. The summed E-state index contributed by atoms with van der Waals surface area (Å²) in [6.45, 7) is 2.76. The van der Waals surface area contributed by atoms with Crippen molar-refractivity contribution in [1.29, 1.82) is 0 Å². The molecule has 0 bridgehead atoms. The summed E-state index contributed by atoms with van der Waals surface area (Å²) in [7, 11) is 1.71. The van der Waals surface area contributed by atoms with Crippen LogP contribution in [0.5, 0.6) is 0 Å². The van der Waals surface area contributed by atoms with Crippen molar-refractivity contribution in [2.75, 3.05) is 0 Å². The third-order valence-corrected chi connectivity index (χ3v) is 3.36. The summed E-state index contributed by atoms with van der Waals surface area (Å²) in [6.07, 6.45) is 6.51. The Balaban J connectivity index is 2.20. The standard InChI is InChI=1S/C12H12BrClN4O/c1-3-18-6-8(13)10(15-18)4-5-11(19)12-9(14)7-17(2)16-12/h4-7H,3H2,1-2H3/b5-4+. The van der Waals surface area contributed by atoms with E-state index in [1.54, 1.807) is 24.0 Å². The van der Waals surface area contributed by atoms with E-state index in [1.165, 1.54) is 10.8 Å². The SMILES string of the molecule is CCn1cc(Br)c(/C=C/C(=O)c2nn(C)cc2Cl)n1. The third kappa shape index (κ3) is 3.13. The van der Waals surface area contributed by atoms with Crippen molar-refractivity contribution in [2.24, 2.45) is 7.05 Å². The number of hydrogen-bond donors (Lipinski definition) is 0. The number of halogens is 2. The predicted molar refractivity (Wildman–Crippen MR) is 77.2 cm³/mol. The van der Waals surface area contributed by atoms with Crippen molar-refractivity contribution in [3.63, 3.8) is 0 Å². The van der Waals surface area contributed by atoms with Gasteiger partial charge in [-0.15, -0.1) is 0 Å². The monoisotopic (exact) mass is 342 g/mol. The maximum Gasteiger partial charge on any atom is 0.207 e. The molecule has 2 heterocycles. The fourth-order valence-corrected chi connectivity index (χ4v) is 2.27. The molecular weight excluding hydrogens is 332 g/mol. The lowest BCUT2D eigenvalue weighted by atomic mass is 10.2. The van der Waals surface area contributed by atoms with Crippen LogP contribution < -0.4 is 0 Å². The van der Waals surface area contributed by atoms with Crippen molar-refractivity contribution in [2.45, 2.75) is 13.5 Å². The molecule has 2 rings (SSSR count). The summed E-state index contributed by atoms with van der Waals surface area (Å²) < 4.78 is 4.12. The Morgan fingerprint density at radius 3 is 2.74 bits per heavy atom. The Bertz CT molecular complexity index is 644. The highest BCUT2D eigenvalue weighted by Gasteiger charge is 2.12. The van der Waals surface area contributed by atoms with E-state index in [4.69, 9.17) is 11.6 Å². The quantitative estimate of drug-likeness (QED) is 0.633. The van der Waals surface area contributed by atoms with Crippen LogP contribution in [0.15, 0.2) is 22.9 Å². The van der Waals surface area contributed by atoms with Gasteiger partial charge in [-0.3, -0.25) is 14.2 Å². The first-order chi connectivity index (χ1) is 9.01. The van der Waals surface area contributed by atoms with Crippen molar-refractivity contribution < 1.29 is 4.79 Å². The van der Waals surface area contributed by atoms with Crippen LogP contribution in [0.2, 0.25) is 5.02 Å². The van der Waals surface area contributed by atoms with E-state index in [0.29, 0.717) is 10.7 Å². The Hall–Kier alpha value is -1.40. The van der Waals surface area contributed by atoms with Gasteiger partial charge in [0.25, 0.3) is 0 Å². The lowest BCUT2D eigenvalue weighted by Crippen LogP contribution is -1.98. The van der Waals surface area contributed by atoms with E-state index < -0.39 is 0 Å². The van der Waals surface area contributed by atoms with Crippen LogP contribution in [0.3, 0.4) is 0 Å². The molecule has 0 saturated carbocycles. The molecule has 19 heavy (non-hydrogen) atoms. The van der Waals surface area contributed by atoms with Crippen molar-refractivity contribution in [1.82, 2.24) is 19.6 Å². The molecule has 0 fully saturated rings. The van der Waals surface area contributed by atoms with Gasteiger partial charge in [-0.05, 0) is 35.0 Å². The molecular formula is C12H12BrClN4O. The van der Waals surface area contributed by atoms with Gasteiger partial charge in [0.1, 0.15) is 0 Å². The number of nitrogens with zero attached hydrogens (tertiary/aromatic N) is 4. The summed E-state index contributed by atoms with van der Waals surface area (Å²) in [5, 5.41) is 8.65. The smallest absolute Gasteiger partial charge is 0.207 e. The Kier molecular flexibility index (Phi) is 4.21. The highest BCUT2D eigenvalue weighted by molar-refractivity contribution is 9.10. The molecule has 0 atom stereocenters. The number of hydrogen-bond acceptors (Lipinski definition) is 3. The zero-order valence-electron chi connectivity index (χ0n) is 10.5. The second-order valence-electron chi connectivity index (χ2n) is 3.91. The first-order valence-electron chi connectivity index (χ1n) is 5.65. The summed E-state index contributed by atoms with van der Waals surface area (Å²) >= 11 is 9.30. The maximum absolute atomic E-state index is 11.9. The van der Waals surface area contributed by atoms with Gasteiger partial charge >= 0.3 is 0 Å². The second-order valence-corrected chi connectivity index (χ2v) is 5.18. The first-order valence-corrected chi connectivity index (χ1v) is 6.83. The summed E-state index contributed by atoms with van der Waals surface area (Å²) in [6, 6.07) is 0. The van der Waals surface area contributed by atoms with Crippen LogP contribution in [0.4, 0.5) is 0 Å². The van der Waals surface area contributed by atoms with Crippen LogP contribution in [0, 0.1) is 0 Å². The lowest BCUT2D eigenvalue weighted by molar-refractivity contribution is 0.104. The second kappa shape index (κ2) is 5.71. The molecule has 0 spiro atoms. The summed E-state index contributed by atoms with van der Waals surface area (Å²) in [5.41, 5.74) is 0.939. The number of allylic oxidation sites excluding steroid dienone is 1. The minimum absolute atomic E-state index is 0.242. The Labute approximate surface area is 124 Å². The van der Waals surface area contributed by atoms with Crippen molar-refractivity contribution in [3.05, 3.63) is 39.4 Å². The third-order valence-electron chi connectivity index (χ3n) is 2.48. The van der Waals surface area contributed by atoms with Crippen LogP contribution >= 0.6 is 27.5 Å². The normalized spacial score (nSPS) is 11.4. The molecule has 0 radical (unpaired) electrons. The molecule has 0 amide bonds. The first kappa shape index (κ1) is 14.0. The molecule has 0 aliphatic carbocycles. The molecule has 2 aromatic rings. The Morgan fingerprint density at radius 1 is 1.47 bits per heavy atom. The largest absolute Gasteiger partial charge is 0.287 e. The number of ketones is 1. The summed E-state index contributed by atoms with van der Waals surface area (Å²) in [4.78, 5) is 11.9. The van der Waals surface area contributed by atoms with E-state index in [0.717, 1.165) is 11.0 Å². The van der Waals surface area contributed by atoms with E-state index in [-0.39, 0.29) is 11.5 Å². The topological polar surface area (TPSA) is 52.7 Å². The van der Waals surface area contributed by atoms with Gasteiger partial charge in [0.15, 0.2) is 5.69 Å². The minimum atomic E-state index is -0.247. The molecule has 0 aromatic carbocycles. The molecule has 0 saturated heterocycles. The van der Waals surface area contributed by atoms with Crippen LogP contribution in [-0.4, -0.2) is 25.3 Å². The van der Waals surface area contributed by atoms with Gasteiger partial charge in [0, 0.05) is 26.0 Å². The molecule has 0 aliphatic heterocycles. The zero-order valence-corrected chi connectivity index (χ0v) is 12.8. The van der Waals surface area contributed by atoms with Crippen LogP contribution in [-0.2, 0) is 13.6 Å². The number of rotatable bonds is 4. The molecule has 0 aliphatic rings. The molecule has 7 heteroatoms. The van der Waals surface area contributed by atoms with E-state index in [2.05, 4.69) is 26.1 Å². The number of aromatic nitrogens is 4. The predicted octanol–water partition coefficient (Wildman–Crippen LogP) is 2.95. The lowest BCUT2D eigenvalue weighted by Gasteiger charge is -1.91. The van der Waals surface area contributed by atoms with Crippen LogP contribution in [0.25, 0.3) is 6.08 Å². The highest BCUT2D eigenvalue weighted by Crippen LogP contribution is 2.18. The van der Waals surface area contributed by atoms with Gasteiger partial charge in [0.05, 0.1) is 15.2 Å². The van der Waals surface area contributed by atoms with Crippen molar-refractivity contribution >= 4 is 39.4 Å².